The maximum atomic E-state index is 12.7. The largest absolute Gasteiger partial charge is 0.487 e. The van der Waals surface area contributed by atoms with Gasteiger partial charge in [0.25, 0.3) is 5.91 Å². The van der Waals surface area contributed by atoms with Gasteiger partial charge in [-0.25, -0.2) is 4.98 Å². The SMILES string of the molecule is N=C/C=C(\N)c1cc(C(=O)Nc2ccc(OC(F)(F)Cl)cc2)cnc1N1CCC(CO)C1. The van der Waals surface area contributed by atoms with Crippen molar-refractivity contribution in [3.8, 4) is 5.75 Å². The first-order valence-electron chi connectivity index (χ1n) is 9.69. The van der Waals surface area contributed by atoms with Gasteiger partial charge in [-0.3, -0.25) is 4.79 Å². The van der Waals surface area contributed by atoms with E-state index >= 15 is 0 Å². The topological polar surface area (TPSA) is 125 Å². The van der Waals surface area contributed by atoms with E-state index in [1.807, 2.05) is 4.90 Å². The zero-order chi connectivity index (χ0) is 23.3. The lowest BCUT2D eigenvalue weighted by molar-refractivity contribution is -0.0964. The first kappa shape index (κ1) is 23.4. The molecule has 1 aromatic heterocycles. The third kappa shape index (κ3) is 5.92. The highest BCUT2D eigenvalue weighted by Crippen LogP contribution is 2.29. The Hall–Kier alpha value is -3.24. The monoisotopic (exact) mass is 465 g/mol. The summed E-state index contributed by atoms with van der Waals surface area (Å²) in [4.78, 5) is 19.1. The summed E-state index contributed by atoms with van der Waals surface area (Å²) >= 11 is 4.73. The average molecular weight is 466 g/mol. The van der Waals surface area contributed by atoms with Crippen molar-refractivity contribution in [3.05, 3.63) is 53.7 Å². The van der Waals surface area contributed by atoms with Crippen LogP contribution in [0.2, 0.25) is 0 Å². The van der Waals surface area contributed by atoms with Crippen molar-refractivity contribution in [1.82, 2.24) is 4.98 Å². The van der Waals surface area contributed by atoms with Crippen molar-refractivity contribution >= 4 is 40.9 Å². The molecule has 0 spiro atoms. The van der Waals surface area contributed by atoms with Crippen LogP contribution in [-0.2, 0) is 0 Å². The van der Waals surface area contributed by atoms with Crippen LogP contribution in [0.15, 0.2) is 42.6 Å². The van der Waals surface area contributed by atoms with E-state index < -0.39 is 11.5 Å². The number of allylic oxidation sites excluding steroid dienone is 1. The highest BCUT2D eigenvalue weighted by Gasteiger charge is 2.28. The molecular weight excluding hydrogens is 444 g/mol. The number of aliphatic hydroxyl groups excluding tert-OH is 1. The van der Waals surface area contributed by atoms with Gasteiger partial charge >= 0.3 is 5.57 Å². The van der Waals surface area contributed by atoms with Crippen LogP contribution in [0.25, 0.3) is 5.70 Å². The van der Waals surface area contributed by atoms with E-state index in [4.69, 9.17) is 22.7 Å². The fourth-order valence-electron chi connectivity index (χ4n) is 3.34. The molecule has 2 heterocycles. The zero-order valence-electron chi connectivity index (χ0n) is 16.9. The Morgan fingerprint density at radius 3 is 2.75 bits per heavy atom. The number of nitrogens with one attached hydrogen (secondary N) is 2. The van der Waals surface area contributed by atoms with Gasteiger partial charge in [-0.1, -0.05) is 0 Å². The van der Waals surface area contributed by atoms with Gasteiger partial charge in [0.15, 0.2) is 0 Å². The molecule has 2 aromatic rings. The van der Waals surface area contributed by atoms with Crippen LogP contribution in [0.4, 0.5) is 20.3 Å². The van der Waals surface area contributed by atoms with Crippen LogP contribution < -0.4 is 20.7 Å². The molecule has 11 heteroatoms. The maximum Gasteiger partial charge on any atom is 0.487 e. The van der Waals surface area contributed by atoms with Crippen LogP contribution in [0.1, 0.15) is 22.3 Å². The molecule has 3 rings (SSSR count). The minimum Gasteiger partial charge on any atom is -0.420 e. The molecule has 1 amide bonds. The number of carbonyl (C=O) groups excluding carboxylic acids is 1. The third-order valence-electron chi connectivity index (χ3n) is 4.89. The lowest BCUT2D eigenvalue weighted by atomic mass is 10.1. The maximum absolute atomic E-state index is 12.7. The van der Waals surface area contributed by atoms with E-state index in [0.717, 1.165) is 12.6 Å². The van der Waals surface area contributed by atoms with Crippen molar-refractivity contribution in [1.29, 1.82) is 5.41 Å². The fourth-order valence-corrected chi connectivity index (χ4v) is 3.43. The summed E-state index contributed by atoms with van der Waals surface area (Å²) in [5, 5.41) is 19.3. The average Bonchev–Trinajstić information content (AvgIpc) is 3.23. The van der Waals surface area contributed by atoms with Crippen LogP contribution in [0.5, 0.6) is 5.75 Å². The fraction of sp³-hybridized carbons (Fsp3) is 0.286. The molecule has 1 unspecified atom stereocenters. The summed E-state index contributed by atoms with van der Waals surface area (Å²) in [5.41, 5.74) is 3.61. The Balaban J connectivity index is 1.81. The number of hydrogen-bond donors (Lipinski definition) is 4. The van der Waals surface area contributed by atoms with Crippen molar-refractivity contribution in [2.75, 3.05) is 29.9 Å². The van der Waals surface area contributed by atoms with Gasteiger partial charge in [0.2, 0.25) is 0 Å². The number of rotatable bonds is 8. The lowest BCUT2D eigenvalue weighted by Gasteiger charge is -2.21. The Labute approximate surface area is 188 Å². The van der Waals surface area contributed by atoms with Crippen LogP contribution in [-0.4, -0.2) is 47.5 Å². The van der Waals surface area contributed by atoms with E-state index in [-0.39, 0.29) is 29.5 Å². The number of amides is 1. The minimum absolute atomic E-state index is 0.0739. The zero-order valence-corrected chi connectivity index (χ0v) is 17.6. The van der Waals surface area contributed by atoms with Crippen molar-refractivity contribution in [2.45, 2.75) is 12.0 Å². The summed E-state index contributed by atoms with van der Waals surface area (Å²) in [6.45, 7) is 1.37. The number of hydrogen-bond acceptors (Lipinski definition) is 7. The molecule has 0 radical (unpaired) electrons. The van der Waals surface area contributed by atoms with E-state index in [0.29, 0.717) is 30.2 Å². The number of anilines is 2. The third-order valence-corrected chi connectivity index (χ3v) is 4.97. The van der Waals surface area contributed by atoms with Gasteiger partial charge in [-0.05, 0) is 42.8 Å². The van der Waals surface area contributed by atoms with Crippen LogP contribution in [0, 0.1) is 11.3 Å². The second-order valence-electron chi connectivity index (χ2n) is 7.19. The number of ether oxygens (including phenoxy) is 1. The normalized spacial score (nSPS) is 16.7. The number of aromatic nitrogens is 1. The number of aliphatic hydroxyl groups is 1. The summed E-state index contributed by atoms with van der Waals surface area (Å²) in [7, 11) is 0. The van der Waals surface area contributed by atoms with E-state index in [2.05, 4.69) is 15.0 Å². The summed E-state index contributed by atoms with van der Waals surface area (Å²) in [5.74, 6) is 0.0504. The molecular formula is C21H22ClF2N5O3. The Kier molecular flexibility index (Phi) is 7.26. The Bertz CT molecular complexity index is 1010. The molecule has 0 aliphatic carbocycles. The molecule has 8 nitrogen and oxygen atoms in total. The second-order valence-corrected chi connectivity index (χ2v) is 7.63. The highest BCUT2D eigenvalue weighted by atomic mass is 35.5. The second kappa shape index (κ2) is 9.92. The van der Waals surface area contributed by atoms with Gasteiger partial charge in [0.05, 0.1) is 5.56 Å². The molecule has 32 heavy (non-hydrogen) atoms. The molecule has 1 fully saturated rings. The van der Waals surface area contributed by atoms with Crippen molar-refractivity contribution < 1.29 is 23.4 Å². The summed E-state index contributed by atoms with van der Waals surface area (Å²) < 4.78 is 29.7. The predicted octanol–water partition coefficient (Wildman–Crippen LogP) is 3.27. The molecule has 170 valence electrons. The summed E-state index contributed by atoms with van der Waals surface area (Å²) in [6, 6.07) is 6.84. The molecule has 0 saturated carbocycles. The number of halogens is 3. The minimum atomic E-state index is -3.83. The first-order valence-corrected chi connectivity index (χ1v) is 10.1. The van der Waals surface area contributed by atoms with Crippen LogP contribution >= 0.6 is 11.6 Å². The van der Waals surface area contributed by atoms with E-state index in [1.165, 1.54) is 36.5 Å². The molecule has 0 bridgehead atoms. The molecule has 1 aliphatic rings. The number of benzene rings is 1. The highest BCUT2D eigenvalue weighted by molar-refractivity contribution is 6.20. The molecule has 1 saturated heterocycles. The molecule has 1 aliphatic heterocycles. The van der Waals surface area contributed by atoms with Gasteiger partial charge in [0.1, 0.15) is 11.6 Å². The van der Waals surface area contributed by atoms with Gasteiger partial charge in [0, 0.05) is 66.6 Å². The van der Waals surface area contributed by atoms with E-state index in [1.54, 1.807) is 6.07 Å². The molecule has 1 atom stereocenters. The number of carbonyl (C=O) groups is 1. The summed E-state index contributed by atoms with van der Waals surface area (Å²) in [6.07, 6.45) is 4.65. The number of alkyl halides is 3. The standard InChI is InChI=1S/C21H22ClF2N5O3/c22-21(23,24)32-16-3-1-15(2-4-16)28-20(31)14-9-17(18(26)5-7-25)19(27-10-14)29-8-6-13(11-29)12-30/h1-5,7,9-10,13,25,30H,6,8,11-12,26H2,(H,28,31)/b18-5-,25-7?. The van der Waals surface area contributed by atoms with Crippen LogP contribution in [0.3, 0.4) is 0 Å². The number of nitrogens with two attached hydrogens (primary N) is 1. The smallest absolute Gasteiger partial charge is 0.420 e. The predicted molar refractivity (Wildman–Crippen MR) is 118 cm³/mol. The molecule has 5 N–H and O–H groups in total. The lowest BCUT2D eigenvalue weighted by Crippen LogP contribution is -2.24. The molecule has 1 aromatic carbocycles. The first-order chi connectivity index (χ1) is 15.2. The Morgan fingerprint density at radius 1 is 1.44 bits per heavy atom. The van der Waals surface area contributed by atoms with E-state index in [9.17, 15) is 18.7 Å². The van der Waals surface area contributed by atoms with Crippen molar-refractivity contribution in [3.63, 3.8) is 0 Å². The van der Waals surface area contributed by atoms with Crippen molar-refractivity contribution in [2.24, 2.45) is 11.7 Å². The number of nitrogens with zero attached hydrogens (tertiary/aromatic N) is 2. The number of pyridine rings is 1. The van der Waals surface area contributed by atoms with Gasteiger partial charge in [-0.15, -0.1) is 8.78 Å². The van der Waals surface area contributed by atoms with Gasteiger partial charge in [-0.2, -0.15) is 0 Å². The quantitative estimate of drug-likeness (QED) is 0.350. The Morgan fingerprint density at radius 2 is 2.16 bits per heavy atom. The van der Waals surface area contributed by atoms with Gasteiger partial charge < -0.3 is 31.2 Å².